The molecular formula is C31H42N4O. The fourth-order valence-electron chi connectivity index (χ4n) is 4.92. The van der Waals surface area contributed by atoms with Gasteiger partial charge in [-0.05, 0) is 67.5 Å². The summed E-state index contributed by atoms with van der Waals surface area (Å²) in [5, 5.41) is 0. The molecule has 1 aliphatic heterocycles. The van der Waals surface area contributed by atoms with Crippen LogP contribution in [0, 0.1) is 5.92 Å². The van der Waals surface area contributed by atoms with Gasteiger partial charge in [-0.3, -0.25) is 4.90 Å². The van der Waals surface area contributed by atoms with Gasteiger partial charge >= 0.3 is 0 Å². The first-order valence-electron chi connectivity index (χ1n) is 13.5. The predicted molar refractivity (Wildman–Crippen MR) is 150 cm³/mol. The van der Waals surface area contributed by atoms with Crippen LogP contribution in [0.25, 0.3) is 11.3 Å². The minimum Gasteiger partial charge on any atom is -0.493 e. The second-order valence-electron chi connectivity index (χ2n) is 10.4. The molecule has 4 rings (SSSR count). The van der Waals surface area contributed by atoms with Gasteiger partial charge in [-0.25, -0.2) is 4.98 Å². The van der Waals surface area contributed by atoms with Crippen molar-refractivity contribution in [3.8, 4) is 17.0 Å². The number of nitrogens with zero attached hydrogens (tertiary/aromatic N) is 3. The Bertz CT molecular complexity index is 1080. The number of ether oxygens (including phenoxy) is 1. The number of hydrogen-bond acceptors (Lipinski definition) is 5. The quantitative estimate of drug-likeness (QED) is 0.334. The first-order chi connectivity index (χ1) is 17.5. The molecule has 0 radical (unpaired) electrons. The highest BCUT2D eigenvalue weighted by molar-refractivity contribution is 5.69. The maximum absolute atomic E-state index is 6.34. The zero-order valence-corrected chi connectivity index (χ0v) is 22.2. The van der Waals surface area contributed by atoms with Crippen LogP contribution in [0.15, 0.2) is 66.7 Å². The molecule has 5 nitrogen and oxygen atoms in total. The maximum Gasteiger partial charge on any atom is 0.129 e. The Hall–Kier alpha value is -2.89. The number of nitrogens with two attached hydrogens (primary N) is 1. The first kappa shape index (κ1) is 26.2. The van der Waals surface area contributed by atoms with Crippen molar-refractivity contribution in [1.29, 1.82) is 0 Å². The van der Waals surface area contributed by atoms with Crippen LogP contribution in [-0.2, 0) is 6.42 Å². The van der Waals surface area contributed by atoms with Gasteiger partial charge in [0.25, 0.3) is 0 Å². The molecule has 192 valence electrons. The number of piperazine rings is 1. The molecular weight excluding hydrogens is 444 g/mol. The highest BCUT2D eigenvalue weighted by Crippen LogP contribution is 2.34. The first-order valence-corrected chi connectivity index (χ1v) is 13.5. The molecule has 2 N–H and O–H groups in total. The summed E-state index contributed by atoms with van der Waals surface area (Å²) in [6, 6.07) is 23.5. The van der Waals surface area contributed by atoms with Crippen LogP contribution in [0.3, 0.4) is 0 Å². The molecule has 0 spiro atoms. The van der Waals surface area contributed by atoms with Gasteiger partial charge < -0.3 is 15.4 Å². The van der Waals surface area contributed by atoms with Gasteiger partial charge in [0.05, 0.1) is 12.3 Å². The average molecular weight is 487 g/mol. The Labute approximate surface area is 217 Å². The molecule has 0 amide bonds. The summed E-state index contributed by atoms with van der Waals surface area (Å²) in [5.41, 5.74) is 10.6. The van der Waals surface area contributed by atoms with Gasteiger partial charge in [-0.1, -0.05) is 56.3 Å². The SMILES string of the molecule is CC(C)CCCOc1cc(C(C)N2CCN(CCc3ccccc3)CC2)ccc1-c1cccc(N)n1. The second kappa shape index (κ2) is 12.9. The van der Waals surface area contributed by atoms with Crippen LogP contribution < -0.4 is 10.5 Å². The van der Waals surface area contributed by atoms with Gasteiger partial charge in [0.2, 0.25) is 0 Å². The molecule has 0 aliphatic carbocycles. The van der Waals surface area contributed by atoms with Crippen LogP contribution in [-0.4, -0.2) is 54.1 Å². The molecule has 0 bridgehead atoms. The summed E-state index contributed by atoms with van der Waals surface area (Å²) in [6.45, 7) is 13.1. The molecule has 2 heterocycles. The topological polar surface area (TPSA) is 54.6 Å². The Morgan fingerprint density at radius 2 is 1.69 bits per heavy atom. The number of nitrogen functional groups attached to an aromatic ring is 1. The molecule has 0 saturated carbocycles. The Balaban J connectivity index is 1.41. The fourth-order valence-corrected chi connectivity index (χ4v) is 4.92. The summed E-state index contributed by atoms with van der Waals surface area (Å²) in [5.74, 6) is 2.12. The number of pyridine rings is 1. The lowest BCUT2D eigenvalue weighted by molar-refractivity contribution is 0.103. The molecule has 3 aromatic rings. The molecule has 1 unspecified atom stereocenters. The monoisotopic (exact) mass is 486 g/mol. The predicted octanol–water partition coefficient (Wildman–Crippen LogP) is 6.07. The largest absolute Gasteiger partial charge is 0.493 e. The van der Waals surface area contributed by atoms with Crippen molar-refractivity contribution >= 4 is 5.82 Å². The van der Waals surface area contributed by atoms with Crippen molar-refractivity contribution in [2.75, 3.05) is 45.1 Å². The summed E-state index contributed by atoms with van der Waals surface area (Å²) >= 11 is 0. The normalized spacial score (nSPS) is 15.8. The van der Waals surface area contributed by atoms with Crippen molar-refractivity contribution in [2.45, 2.75) is 46.1 Å². The standard InChI is InChI=1S/C31H42N4O/c1-24(2)9-8-22-36-30-23-27(14-15-28(30)29-12-7-13-31(32)33-29)25(3)35-20-18-34(19-21-35)17-16-26-10-5-4-6-11-26/h4-7,10-15,23-25H,8-9,16-22H2,1-3H3,(H2,32,33). The number of hydrogen-bond donors (Lipinski definition) is 1. The van der Waals surface area contributed by atoms with E-state index in [1.165, 1.54) is 11.1 Å². The van der Waals surface area contributed by atoms with Crippen molar-refractivity contribution in [3.63, 3.8) is 0 Å². The lowest BCUT2D eigenvalue weighted by atomic mass is 10.0. The van der Waals surface area contributed by atoms with Crippen molar-refractivity contribution in [1.82, 2.24) is 14.8 Å². The molecule has 2 aromatic carbocycles. The summed E-state index contributed by atoms with van der Waals surface area (Å²) < 4.78 is 6.34. The van der Waals surface area contributed by atoms with E-state index in [-0.39, 0.29) is 0 Å². The third-order valence-electron chi connectivity index (χ3n) is 7.23. The lowest BCUT2D eigenvalue weighted by Crippen LogP contribution is -2.47. The van der Waals surface area contributed by atoms with Crippen molar-refractivity contribution in [2.24, 2.45) is 5.92 Å². The van der Waals surface area contributed by atoms with Gasteiger partial charge in [-0.15, -0.1) is 0 Å². The molecule has 5 heteroatoms. The molecule has 1 fully saturated rings. The van der Waals surface area contributed by atoms with Crippen LogP contribution in [0.1, 0.15) is 50.8 Å². The van der Waals surface area contributed by atoms with Gasteiger partial charge in [0.1, 0.15) is 11.6 Å². The van der Waals surface area contributed by atoms with E-state index in [1.807, 2.05) is 18.2 Å². The van der Waals surface area contributed by atoms with Crippen LogP contribution >= 0.6 is 0 Å². The molecule has 1 aliphatic rings. The fraction of sp³-hybridized carbons (Fsp3) is 0.452. The zero-order valence-electron chi connectivity index (χ0n) is 22.2. The summed E-state index contributed by atoms with van der Waals surface area (Å²) in [7, 11) is 0. The Morgan fingerprint density at radius 3 is 2.42 bits per heavy atom. The van der Waals surface area contributed by atoms with E-state index in [9.17, 15) is 0 Å². The minimum absolute atomic E-state index is 0.335. The van der Waals surface area contributed by atoms with E-state index in [2.05, 4.69) is 84.1 Å². The molecule has 36 heavy (non-hydrogen) atoms. The second-order valence-corrected chi connectivity index (χ2v) is 10.4. The minimum atomic E-state index is 0.335. The Morgan fingerprint density at radius 1 is 0.917 bits per heavy atom. The smallest absolute Gasteiger partial charge is 0.129 e. The van der Waals surface area contributed by atoms with Crippen molar-refractivity contribution in [3.05, 3.63) is 77.9 Å². The van der Waals surface area contributed by atoms with E-state index in [0.29, 0.717) is 24.4 Å². The number of benzene rings is 2. The highest BCUT2D eigenvalue weighted by Gasteiger charge is 2.23. The van der Waals surface area contributed by atoms with E-state index in [4.69, 9.17) is 10.5 Å². The lowest BCUT2D eigenvalue weighted by Gasteiger charge is -2.38. The van der Waals surface area contributed by atoms with E-state index in [1.54, 1.807) is 0 Å². The maximum atomic E-state index is 6.34. The van der Waals surface area contributed by atoms with Gasteiger partial charge in [0, 0.05) is 44.3 Å². The van der Waals surface area contributed by atoms with Crippen LogP contribution in [0.2, 0.25) is 0 Å². The van der Waals surface area contributed by atoms with Crippen LogP contribution in [0.4, 0.5) is 5.82 Å². The van der Waals surface area contributed by atoms with E-state index >= 15 is 0 Å². The zero-order chi connectivity index (χ0) is 25.3. The number of anilines is 1. The summed E-state index contributed by atoms with van der Waals surface area (Å²) in [4.78, 5) is 9.74. The molecule has 1 aromatic heterocycles. The molecule has 1 saturated heterocycles. The number of aromatic nitrogens is 1. The Kier molecular flexibility index (Phi) is 9.37. The van der Waals surface area contributed by atoms with Gasteiger partial charge in [0.15, 0.2) is 0 Å². The highest BCUT2D eigenvalue weighted by atomic mass is 16.5. The van der Waals surface area contributed by atoms with E-state index in [0.717, 1.165) is 69.0 Å². The van der Waals surface area contributed by atoms with Gasteiger partial charge in [-0.2, -0.15) is 0 Å². The summed E-state index contributed by atoms with van der Waals surface area (Å²) in [6.07, 6.45) is 3.33. The number of rotatable bonds is 11. The van der Waals surface area contributed by atoms with E-state index < -0.39 is 0 Å². The average Bonchev–Trinajstić information content (AvgIpc) is 2.90. The third-order valence-corrected chi connectivity index (χ3v) is 7.23. The molecule has 1 atom stereocenters. The third kappa shape index (κ3) is 7.31. The van der Waals surface area contributed by atoms with Crippen molar-refractivity contribution < 1.29 is 4.74 Å². The van der Waals surface area contributed by atoms with Crippen LogP contribution in [0.5, 0.6) is 5.75 Å².